The van der Waals surface area contributed by atoms with Crippen molar-refractivity contribution in [2.45, 2.75) is 12.5 Å². The topological polar surface area (TPSA) is 37.8 Å². The summed E-state index contributed by atoms with van der Waals surface area (Å²) in [6, 6.07) is 16.6. The fourth-order valence-corrected chi connectivity index (χ4v) is 2.61. The Morgan fingerprint density at radius 1 is 1.10 bits per heavy atom. The predicted molar refractivity (Wildman–Crippen MR) is 89.2 cm³/mol. The maximum atomic E-state index is 4.73. The molecule has 3 aromatic rings. The molecule has 1 aromatic carbocycles. The van der Waals surface area contributed by atoms with Gasteiger partial charge in [-0.1, -0.05) is 24.3 Å². The maximum Gasteiger partial charge on any atom is 0.0705 e. The highest BCUT2D eigenvalue weighted by Crippen LogP contribution is 2.19. The molecule has 0 bridgehead atoms. The summed E-state index contributed by atoms with van der Waals surface area (Å²) in [5.41, 5.74) is 3.13. The van der Waals surface area contributed by atoms with Crippen LogP contribution in [-0.4, -0.2) is 17.0 Å². The van der Waals surface area contributed by atoms with Crippen molar-refractivity contribution in [3.05, 3.63) is 70.6 Å². The molecule has 0 saturated carbocycles. The number of fused-ring (bicyclic) bond motifs is 1. The second-order valence-electron chi connectivity index (χ2n) is 4.94. The van der Waals surface area contributed by atoms with Gasteiger partial charge in [0.15, 0.2) is 0 Å². The first-order chi connectivity index (χ1) is 10.3. The largest absolute Gasteiger partial charge is 0.311 e. The third-order valence-corrected chi connectivity index (χ3v) is 3.99. The number of aromatic nitrogens is 2. The minimum Gasteiger partial charge on any atom is -0.311 e. The van der Waals surface area contributed by atoms with E-state index in [1.165, 1.54) is 5.39 Å². The zero-order chi connectivity index (χ0) is 14.7. The molecule has 2 heterocycles. The van der Waals surface area contributed by atoms with Crippen LogP contribution in [0.2, 0.25) is 0 Å². The Morgan fingerprint density at radius 3 is 2.71 bits per heavy atom. The lowest BCUT2D eigenvalue weighted by molar-refractivity contribution is 0.569. The van der Waals surface area contributed by atoms with Crippen LogP contribution in [-0.2, 0) is 6.42 Å². The summed E-state index contributed by atoms with van der Waals surface area (Å²) in [7, 11) is 1.95. The highest BCUT2D eigenvalue weighted by atomic mass is 79.9. The van der Waals surface area contributed by atoms with Crippen molar-refractivity contribution >= 4 is 26.8 Å². The molecule has 3 rings (SSSR count). The molecule has 1 N–H and O–H groups in total. The zero-order valence-corrected chi connectivity index (χ0v) is 13.3. The SMILES string of the molecule is CNC(Cc1ccc2ccccc2n1)c1ccc(Br)cn1. The number of benzene rings is 1. The van der Waals surface area contributed by atoms with Crippen molar-refractivity contribution in [2.75, 3.05) is 7.05 Å². The van der Waals surface area contributed by atoms with Gasteiger partial charge in [0.25, 0.3) is 0 Å². The van der Waals surface area contributed by atoms with Gasteiger partial charge in [-0.25, -0.2) is 0 Å². The molecule has 1 atom stereocenters. The Labute approximate surface area is 132 Å². The molecule has 0 aliphatic rings. The van der Waals surface area contributed by atoms with E-state index in [2.05, 4.69) is 44.4 Å². The number of likely N-dealkylation sites (N-methyl/N-ethyl adjacent to an activating group) is 1. The smallest absolute Gasteiger partial charge is 0.0705 e. The van der Waals surface area contributed by atoms with Crippen LogP contribution in [0.25, 0.3) is 10.9 Å². The molecule has 0 fully saturated rings. The number of halogens is 1. The van der Waals surface area contributed by atoms with Gasteiger partial charge in [0.05, 0.1) is 17.3 Å². The van der Waals surface area contributed by atoms with Crippen LogP contribution in [0.15, 0.2) is 59.2 Å². The van der Waals surface area contributed by atoms with Crippen LogP contribution in [0.4, 0.5) is 0 Å². The van der Waals surface area contributed by atoms with Gasteiger partial charge in [-0.15, -0.1) is 0 Å². The van der Waals surface area contributed by atoms with E-state index >= 15 is 0 Å². The molecule has 0 aliphatic heterocycles. The maximum absolute atomic E-state index is 4.73. The fraction of sp³-hybridized carbons (Fsp3) is 0.176. The Bertz CT molecular complexity index is 740. The van der Waals surface area contributed by atoms with E-state index in [0.29, 0.717) is 0 Å². The fourth-order valence-electron chi connectivity index (χ4n) is 2.38. The minimum atomic E-state index is 0.159. The summed E-state index contributed by atoms with van der Waals surface area (Å²) in [5, 5.41) is 4.49. The van der Waals surface area contributed by atoms with Gasteiger partial charge in [-0.05, 0) is 47.2 Å². The number of hydrogen-bond acceptors (Lipinski definition) is 3. The lowest BCUT2D eigenvalue weighted by Gasteiger charge is -2.15. The number of rotatable bonds is 4. The van der Waals surface area contributed by atoms with Gasteiger partial charge in [-0.2, -0.15) is 0 Å². The Morgan fingerprint density at radius 2 is 1.95 bits per heavy atom. The van der Waals surface area contributed by atoms with Gasteiger partial charge in [-0.3, -0.25) is 9.97 Å². The molecule has 0 amide bonds. The summed E-state index contributed by atoms with van der Waals surface area (Å²) in [6.07, 6.45) is 2.64. The van der Waals surface area contributed by atoms with Crippen molar-refractivity contribution in [3.8, 4) is 0 Å². The van der Waals surface area contributed by atoms with Crippen LogP contribution in [0.1, 0.15) is 17.4 Å². The standard InChI is InChI=1S/C17H16BrN3/c1-19-17(16-9-7-13(18)11-20-16)10-14-8-6-12-4-2-3-5-15(12)21-14/h2-9,11,17,19H,10H2,1H3. The molecule has 4 heteroatoms. The molecule has 2 aromatic heterocycles. The summed E-state index contributed by atoms with van der Waals surface area (Å²) >= 11 is 3.42. The zero-order valence-electron chi connectivity index (χ0n) is 11.8. The van der Waals surface area contributed by atoms with Gasteiger partial charge >= 0.3 is 0 Å². The Kier molecular flexibility index (Phi) is 4.27. The number of para-hydroxylation sites is 1. The first-order valence-corrected chi connectivity index (χ1v) is 7.69. The van der Waals surface area contributed by atoms with Crippen LogP contribution in [0, 0.1) is 0 Å². The minimum absolute atomic E-state index is 0.159. The summed E-state index contributed by atoms with van der Waals surface area (Å²) in [5.74, 6) is 0. The van der Waals surface area contributed by atoms with Crippen LogP contribution in [0.3, 0.4) is 0 Å². The average Bonchev–Trinajstić information content (AvgIpc) is 2.53. The van der Waals surface area contributed by atoms with Gasteiger partial charge in [0, 0.05) is 28.2 Å². The quantitative estimate of drug-likeness (QED) is 0.782. The van der Waals surface area contributed by atoms with E-state index in [0.717, 1.165) is 27.8 Å². The van der Waals surface area contributed by atoms with E-state index in [1.807, 2.05) is 43.6 Å². The van der Waals surface area contributed by atoms with Crippen molar-refractivity contribution in [3.63, 3.8) is 0 Å². The van der Waals surface area contributed by atoms with E-state index in [4.69, 9.17) is 4.98 Å². The molecule has 1 unspecified atom stereocenters. The summed E-state index contributed by atoms with van der Waals surface area (Å²) in [4.78, 5) is 9.20. The summed E-state index contributed by atoms with van der Waals surface area (Å²) in [6.45, 7) is 0. The third kappa shape index (κ3) is 3.28. The molecule has 3 nitrogen and oxygen atoms in total. The van der Waals surface area contributed by atoms with Crippen LogP contribution < -0.4 is 5.32 Å². The Hall–Kier alpha value is -1.78. The molecule has 0 saturated heterocycles. The number of nitrogens with one attached hydrogen (secondary N) is 1. The lowest BCUT2D eigenvalue weighted by atomic mass is 10.1. The Balaban J connectivity index is 1.86. The van der Waals surface area contributed by atoms with Gasteiger partial charge in [0.2, 0.25) is 0 Å². The normalized spacial score (nSPS) is 12.5. The molecule has 106 valence electrons. The molecule has 21 heavy (non-hydrogen) atoms. The molecule has 0 aliphatic carbocycles. The van der Waals surface area contributed by atoms with Crippen molar-refractivity contribution in [1.82, 2.24) is 15.3 Å². The first kappa shape index (κ1) is 14.2. The number of pyridine rings is 2. The van der Waals surface area contributed by atoms with Crippen molar-refractivity contribution in [1.29, 1.82) is 0 Å². The van der Waals surface area contributed by atoms with Gasteiger partial charge < -0.3 is 5.32 Å². The lowest BCUT2D eigenvalue weighted by Crippen LogP contribution is -2.20. The van der Waals surface area contributed by atoms with E-state index < -0.39 is 0 Å². The highest BCUT2D eigenvalue weighted by Gasteiger charge is 2.12. The highest BCUT2D eigenvalue weighted by molar-refractivity contribution is 9.10. The van der Waals surface area contributed by atoms with Crippen LogP contribution in [0.5, 0.6) is 0 Å². The monoisotopic (exact) mass is 341 g/mol. The summed E-state index contributed by atoms with van der Waals surface area (Å²) < 4.78 is 0.991. The predicted octanol–water partition coefficient (Wildman–Crippen LogP) is 3.90. The van der Waals surface area contributed by atoms with Crippen LogP contribution >= 0.6 is 15.9 Å². The first-order valence-electron chi connectivity index (χ1n) is 6.89. The molecule has 0 spiro atoms. The average molecular weight is 342 g/mol. The van der Waals surface area contributed by atoms with E-state index in [9.17, 15) is 0 Å². The molecular formula is C17H16BrN3. The van der Waals surface area contributed by atoms with Gasteiger partial charge in [0.1, 0.15) is 0 Å². The molecular weight excluding hydrogens is 326 g/mol. The third-order valence-electron chi connectivity index (χ3n) is 3.53. The molecule has 0 radical (unpaired) electrons. The van der Waals surface area contributed by atoms with Crippen molar-refractivity contribution < 1.29 is 0 Å². The van der Waals surface area contributed by atoms with Crippen molar-refractivity contribution in [2.24, 2.45) is 0 Å². The van der Waals surface area contributed by atoms with E-state index in [1.54, 1.807) is 0 Å². The number of nitrogens with zero attached hydrogens (tertiary/aromatic N) is 2. The van der Waals surface area contributed by atoms with E-state index in [-0.39, 0.29) is 6.04 Å². The second kappa shape index (κ2) is 6.33. The number of hydrogen-bond donors (Lipinski definition) is 1. The second-order valence-corrected chi connectivity index (χ2v) is 5.86.